The number of carbonyl (C=O) groups is 1. The van der Waals surface area contributed by atoms with Gasteiger partial charge in [-0.2, -0.15) is 0 Å². The molecule has 0 radical (unpaired) electrons. The average molecular weight is 201 g/mol. The molecule has 1 heterocycles. The van der Waals surface area contributed by atoms with E-state index in [1.54, 1.807) is 12.3 Å². The lowest BCUT2D eigenvalue weighted by Crippen LogP contribution is -2.00. The van der Waals surface area contributed by atoms with Gasteiger partial charge in [0.15, 0.2) is 0 Å². The molecule has 0 aliphatic rings. The minimum Gasteiger partial charge on any atom is -0.478 e. The quantitative estimate of drug-likeness (QED) is 0.784. The highest BCUT2D eigenvalue weighted by Crippen LogP contribution is 2.23. The Kier molecular flexibility index (Phi) is 2.29. The van der Waals surface area contributed by atoms with Crippen molar-refractivity contribution in [1.29, 1.82) is 0 Å². The third-order valence-electron chi connectivity index (χ3n) is 2.29. The summed E-state index contributed by atoms with van der Waals surface area (Å²) in [4.78, 5) is 14.1. The minimum atomic E-state index is -0.900. The van der Waals surface area contributed by atoms with Crippen LogP contribution in [0.15, 0.2) is 36.5 Å². The van der Waals surface area contributed by atoms with E-state index in [4.69, 9.17) is 5.11 Å². The molecule has 3 heteroatoms. The molecule has 2 N–H and O–H groups in total. The lowest BCUT2D eigenvalue weighted by molar-refractivity contribution is 0.0697. The molecule has 0 aliphatic heterocycles. The number of carboxylic acids is 1. The Morgan fingerprint density at radius 2 is 2.13 bits per heavy atom. The van der Waals surface area contributed by atoms with Gasteiger partial charge in [-0.05, 0) is 25.1 Å². The second-order valence-corrected chi connectivity index (χ2v) is 3.44. The summed E-state index contributed by atoms with van der Waals surface area (Å²) >= 11 is 0. The van der Waals surface area contributed by atoms with E-state index in [0.717, 1.165) is 16.8 Å². The maximum atomic E-state index is 11.1. The van der Waals surface area contributed by atoms with Gasteiger partial charge in [-0.3, -0.25) is 0 Å². The number of rotatable bonds is 2. The van der Waals surface area contributed by atoms with Gasteiger partial charge >= 0.3 is 5.97 Å². The van der Waals surface area contributed by atoms with Crippen LogP contribution in [0.1, 0.15) is 15.9 Å². The van der Waals surface area contributed by atoms with Gasteiger partial charge < -0.3 is 10.1 Å². The van der Waals surface area contributed by atoms with Gasteiger partial charge in [0.25, 0.3) is 0 Å². The van der Waals surface area contributed by atoms with Gasteiger partial charge in [0, 0.05) is 17.5 Å². The number of H-pyrrole nitrogens is 1. The zero-order valence-corrected chi connectivity index (χ0v) is 8.32. The molecule has 0 amide bonds. The lowest BCUT2D eigenvalue weighted by Gasteiger charge is -2.05. The van der Waals surface area contributed by atoms with E-state index >= 15 is 0 Å². The maximum absolute atomic E-state index is 11.1. The summed E-state index contributed by atoms with van der Waals surface area (Å²) in [5, 5.41) is 9.08. The van der Waals surface area contributed by atoms with Gasteiger partial charge in [-0.15, -0.1) is 0 Å². The first-order valence-corrected chi connectivity index (χ1v) is 4.66. The van der Waals surface area contributed by atoms with Crippen molar-refractivity contribution < 1.29 is 9.90 Å². The monoisotopic (exact) mass is 201 g/mol. The summed E-state index contributed by atoms with van der Waals surface area (Å²) in [5.74, 6) is -0.900. The molecule has 1 aromatic heterocycles. The van der Waals surface area contributed by atoms with Crippen LogP contribution in [0.4, 0.5) is 0 Å². The molecule has 3 nitrogen and oxygen atoms in total. The molecule has 0 saturated heterocycles. The molecule has 0 bridgehead atoms. The Hall–Kier alpha value is -2.03. The second-order valence-electron chi connectivity index (χ2n) is 3.44. The van der Waals surface area contributed by atoms with E-state index in [-0.39, 0.29) is 0 Å². The minimum absolute atomic E-state index is 0.331. The van der Waals surface area contributed by atoms with Gasteiger partial charge in [0.2, 0.25) is 0 Å². The summed E-state index contributed by atoms with van der Waals surface area (Å²) < 4.78 is 0. The number of benzene rings is 1. The molecule has 0 aliphatic carbocycles. The summed E-state index contributed by atoms with van der Waals surface area (Å²) in [5.41, 5.74) is 2.82. The average Bonchev–Trinajstić information content (AvgIpc) is 2.70. The Morgan fingerprint density at radius 3 is 2.73 bits per heavy atom. The molecule has 0 fully saturated rings. The van der Waals surface area contributed by atoms with Gasteiger partial charge in [-0.25, -0.2) is 4.79 Å². The molecule has 0 atom stereocenters. The highest BCUT2D eigenvalue weighted by molar-refractivity contribution is 5.95. The van der Waals surface area contributed by atoms with Crippen molar-refractivity contribution in [1.82, 2.24) is 4.98 Å². The van der Waals surface area contributed by atoms with Gasteiger partial charge in [0.05, 0.1) is 5.56 Å². The molecular formula is C12H11NO2. The number of aromatic carboxylic acids is 1. The predicted octanol–water partition coefficient (Wildman–Crippen LogP) is 2.69. The fraction of sp³-hybridized carbons (Fsp3) is 0.0833. The molecular weight excluding hydrogens is 190 g/mol. The van der Waals surface area contributed by atoms with Crippen molar-refractivity contribution in [2.45, 2.75) is 6.92 Å². The largest absolute Gasteiger partial charge is 0.478 e. The summed E-state index contributed by atoms with van der Waals surface area (Å²) in [6, 6.07) is 9.11. The molecule has 2 aromatic rings. The number of aryl methyl sites for hydroxylation is 1. The van der Waals surface area contributed by atoms with Crippen LogP contribution in [0.25, 0.3) is 11.3 Å². The number of nitrogens with one attached hydrogen (secondary N) is 1. The van der Waals surface area contributed by atoms with Crippen molar-refractivity contribution in [3.63, 3.8) is 0 Å². The Morgan fingerprint density at radius 1 is 1.33 bits per heavy atom. The Balaban J connectivity index is 2.61. The van der Waals surface area contributed by atoms with E-state index < -0.39 is 5.97 Å². The van der Waals surface area contributed by atoms with Crippen LogP contribution in [-0.4, -0.2) is 16.1 Å². The first-order chi connectivity index (χ1) is 7.18. The van der Waals surface area contributed by atoms with Crippen LogP contribution in [0.2, 0.25) is 0 Å². The number of aromatic amines is 1. The topological polar surface area (TPSA) is 53.1 Å². The smallest absolute Gasteiger partial charge is 0.336 e. The van der Waals surface area contributed by atoms with Gasteiger partial charge in [-0.1, -0.05) is 17.7 Å². The molecule has 0 spiro atoms. The standard InChI is InChI=1S/C12H11NO2/c1-8-4-5-9(10(7-8)12(14)15)11-3-2-6-13-11/h2-7,13H,1H3,(H,14,15). The fourth-order valence-corrected chi connectivity index (χ4v) is 1.57. The van der Waals surface area contributed by atoms with Crippen molar-refractivity contribution in [3.05, 3.63) is 47.7 Å². The summed E-state index contributed by atoms with van der Waals surface area (Å²) in [7, 11) is 0. The van der Waals surface area contributed by atoms with Crippen LogP contribution >= 0.6 is 0 Å². The van der Waals surface area contributed by atoms with Crippen LogP contribution in [0, 0.1) is 6.92 Å². The number of hydrogen-bond donors (Lipinski definition) is 2. The third-order valence-corrected chi connectivity index (χ3v) is 2.29. The van der Waals surface area contributed by atoms with E-state index in [2.05, 4.69) is 4.98 Å². The van der Waals surface area contributed by atoms with Gasteiger partial charge in [0.1, 0.15) is 0 Å². The molecule has 0 saturated carbocycles. The van der Waals surface area contributed by atoms with Crippen LogP contribution in [0.5, 0.6) is 0 Å². The molecule has 1 aromatic carbocycles. The SMILES string of the molecule is Cc1ccc(-c2ccc[nH]2)c(C(=O)O)c1. The van der Waals surface area contributed by atoms with E-state index in [1.165, 1.54) is 0 Å². The summed E-state index contributed by atoms with van der Waals surface area (Å²) in [6.07, 6.45) is 1.78. The van der Waals surface area contributed by atoms with Crippen LogP contribution < -0.4 is 0 Å². The zero-order valence-electron chi connectivity index (χ0n) is 8.32. The Bertz CT molecular complexity index is 486. The molecule has 0 unspecified atom stereocenters. The molecule has 76 valence electrons. The van der Waals surface area contributed by atoms with E-state index in [0.29, 0.717) is 5.56 Å². The van der Waals surface area contributed by atoms with E-state index in [9.17, 15) is 4.79 Å². The normalized spacial score (nSPS) is 10.2. The zero-order chi connectivity index (χ0) is 10.8. The third kappa shape index (κ3) is 1.76. The molecule has 2 rings (SSSR count). The lowest BCUT2D eigenvalue weighted by atomic mass is 10.0. The highest BCUT2D eigenvalue weighted by Gasteiger charge is 2.11. The van der Waals surface area contributed by atoms with Crippen LogP contribution in [0.3, 0.4) is 0 Å². The fourth-order valence-electron chi connectivity index (χ4n) is 1.57. The van der Waals surface area contributed by atoms with Crippen molar-refractivity contribution in [2.75, 3.05) is 0 Å². The maximum Gasteiger partial charge on any atom is 0.336 e. The number of carboxylic acid groups (broad SMARTS) is 1. The first-order valence-electron chi connectivity index (χ1n) is 4.66. The first kappa shape index (κ1) is 9.52. The number of aromatic nitrogens is 1. The highest BCUT2D eigenvalue weighted by atomic mass is 16.4. The summed E-state index contributed by atoms with van der Waals surface area (Å²) in [6.45, 7) is 1.88. The predicted molar refractivity (Wildman–Crippen MR) is 57.9 cm³/mol. The van der Waals surface area contributed by atoms with Crippen LogP contribution in [-0.2, 0) is 0 Å². The van der Waals surface area contributed by atoms with Crippen molar-refractivity contribution in [2.24, 2.45) is 0 Å². The van der Waals surface area contributed by atoms with E-state index in [1.807, 2.05) is 31.2 Å². The Labute approximate surface area is 87.4 Å². The molecule has 15 heavy (non-hydrogen) atoms. The van der Waals surface area contributed by atoms with Crippen molar-refractivity contribution >= 4 is 5.97 Å². The second kappa shape index (κ2) is 3.61. The number of hydrogen-bond acceptors (Lipinski definition) is 1. The van der Waals surface area contributed by atoms with Crippen molar-refractivity contribution in [3.8, 4) is 11.3 Å².